The van der Waals surface area contributed by atoms with Crippen LogP contribution in [0.2, 0.25) is 0 Å². The fraction of sp³-hybridized carbons (Fsp3) is 0.167. The molecule has 3 nitrogen and oxygen atoms in total. The van der Waals surface area contributed by atoms with Crippen LogP contribution >= 0.6 is 11.3 Å². The lowest BCUT2D eigenvalue weighted by Gasteiger charge is -1.99. The molecule has 2 aromatic rings. The quantitative estimate of drug-likeness (QED) is 0.812. The lowest BCUT2D eigenvalue weighted by Crippen LogP contribution is -1.82. The van der Waals surface area contributed by atoms with Crippen molar-refractivity contribution in [1.29, 1.82) is 5.26 Å². The van der Waals surface area contributed by atoms with E-state index in [0.717, 1.165) is 16.3 Å². The molecule has 0 aliphatic heterocycles. The van der Waals surface area contributed by atoms with Gasteiger partial charge in [-0.3, -0.25) is 0 Å². The standard InChI is InChI=1S/C12H10N2OS/c1-9-11(7-8-13)16-12(14-9)15-10-5-3-2-4-6-10/h2-6H,7H2,1H3. The molecule has 1 heterocycles. The van der Waals surface area contributed by atoms with Gasteiger partial charge in [0, 0.05) is 4.88 Å². The summed E-state index contributed by atoms with van der Waals surface area (Å²) in [6.07, 6.45) is 0.391. The molecule has 0 saturated heterocycles. The topological polar surface area (TPSA) is 45.9 Å². The Morgan fingerprint density at radius 2 is 2.12 bits per heavy atom. The van der Waals surface area contributed by atoms with Crippen molar-refractivity contribution in [3.63, 3.8) is 0 Å². The minimum absolute atomic E-state index is 0.391. The molecule has 0 unspecified atom stereocenters. The Bertz CT molecular complexity index is 514. The summed E-state index contributed by atoms with van der Waals surface area (Å²) in [5.41, 5.74) is 0.873. The highest BCUT2D eigenvalue weighted by molar-refractivity contribution is 7.13. The molecule has 0 atom stereocenters. The summed E-state index contributed by atoms with van der Waals surface area (Å²) < 4.78 is 5.58. The molecular formula is C12H10N2OS. The van der Waals surface area contributed by atoms with Crippen LogP contribution in [0.5, 0.6) is 10.9 Å². The van der Waals surface area contributed by atoms with Crippen molar-refractivity contribution in [2.24, 2.45) is 0 Å². The average molecular weight is 230 g/mol. The second-order valence-corrected chi connectivity index (χ2v) is 4.28. The van der Waals surface area contributed by atoms with Crippen LogP contribution < -0.4 is 4.74 Å². The molecule has 0 spiro atoms. The van der Waals surface area contributed by atoms with E-state index in [4.69, 9.17) is 10.00 Å². The van der Waals surface area contributed by atoms with Crippen LogP contribution in [0.3, 0.4) is 0 Å². The summed E-state index contributed by atoms with van der Waals surface area (Å²) in [5, 5.41) is 9.22. The maximum Gasteiger partial charge on any atom is 0.279 e. The van der Waals surface area contributed by atoms with Gasteiger partial charge in [-0.15, -0.1) is 0 Å². The van der Waals surface area contributed by atoms with Gasteiger partial charge in [0.25, 0.3) is 5.19 Å². The number of aromatic nitrogens is 1. The van der Waals surface area contributed by atoms with Crippen LogP contribution in [0.25, 0.3) is 0 Å². The van der Waals surface area contributed by atoms with Gasteiger partial charge in [-0.1, -0.05) is 29.5 Å². The Labute approximate surface area is 97.9 Å². The highest BCUT2D eigenvalue weighted by Gasteiger charge is 2.08. The molecule has 0 amide bonds. The Morgan fingerprint density at radius 1 is 1.38 bits per heavy atom. The molecule has 80 valence electrons. The third-order valence-corrected chi connectivity index (χ3v) is 3.10. The number of thiazole rings is 1. The summed E-state index contributed by atoms with van der Waals surface area (Å²) in [6, 6.07) is 11.6. The van der Waals surface area contributed by atoms with E-state index in [1.54, 1.807) is 0 Å². The maximum atomic E-state index is 8.63. The molecule has 0 bridgehead atoms. The Morgan fingerprint density at radius 3 is 2.81 bits per heavy atom. The molecule has 0 N–H and O–H groups in total. The van der Waals surface area contributed by atoms with E-state index >= 15 is 0 Å². The fourth-order valence-corrected chi connectivity index (χ4v) is 2.13. The van der Waals surface area contributed by atoms with Crippen molar-refractivity contribution < 1.29 is 4.74 Å². The van der Waals surface area contributed by atoms with E-state index in [1.807, 2.05) is 37.3 Å². The van der Waals surface area contributed by atoms with E-state index in [1.165, 1.54) is 11.3 Å². The zero-order valence-electron chi connectivity index (χ0n) is 8.80. The highest BCUT2D eigenvalue weighted by atomic mass is 32.1. The first kappa shape index (κ1) is 10.7. The molecule has 1 aromatic heterocycles. The Kier molecular flexibility index (Phi) is 3.18. The predicted octanol–water partition coefficient (Wildman–Crippen LogP) is 3.31. The van der Waals surface area contributed by atoms with E-state index in [-0.39, 0.29) is 0 Å². The lowest BCUT2D eigenvalue weighted by atomic mass is 10.3. The van der Waals surface area contributed by atoms with Gasteiger partial charge in [0.2, 0.25) is 0 Å². The van der Waals surface area contributed by atoms with Crippen molar-refractivity contribution in [2.75, 3.05) is 0 Å². The number of rotatable bonds is 3. The third-order valence-electron chi connectivity index (χ3n) is 2.06. The second-order valence-electron chi connectivity index (χ2n) is 3.24. The first-order valence-electron chi connectivity index (χ1n) is 4.86. The van der Waals surface area contributed by atoms with E-state index in [2.05, 4.69) is 11.1 Å². The molecule has 0 aliphatic carbocycles. The van der Waals surface area contributed by atoms with Gasteiger partial charge >= 0.3 is 0 Å². The van der Waals surface area contributed by atoms with Crippen LogP contribution in [-0.2, 0) is 6.42 Å². The summed E-state index contributed by atoms with van der Waals surface area (Å²) in [7, 11) is 0. The van der Waals surface area contributed by atoms with Crippen molar-refractivity contribution in [2.45, 2.75) is 13.3 Å². The largest absolute Gasteiger partial charge is 0.431 e. The molecule has 0 saturated carbocycles. The number of benzene rings is 1. The van der Waals surface area contributed by atoms with Crippen LogP contribution in [0.1, 0.15) is 10.6 Å². The number of para-hydroxylation sites is 1. The van der Waals surface area contributed by atoms with Gasteiger partial charge in [0.1, 0.15) is 5.75 Å². The molecule has 16 heavy (non-hydrogen) atoms. The number of hydrogen-bond acceptors (Lipinski definition) is 4. The van der Waals surface area contributed by atoms with Crippen LogP contribution in [0.15, 0.2) is 30.3 Å². The van der Waals surface area contributed by atoms with Gasteiger partial charge in [-0.2, -0.15) is 5.26 Å². The summed E-state index contributed by atoms with van der Waals surface area (Å²) >= 11 is 1.42. The normalized spacial score (nSPS) is 9.75. The molecule has 0 fully saturated rings. The zero-order valence-corrected chi connectivity index (χ0v) is 9.62. The first-order valence-corrected chi connectivity index (χ1v) is 5.67. The zero-order chi connectivity index (χ0) is 11.4. The smallest absolute Gasteiger partial charge is 0.279 e. The number of aryl methyl sites for hydroxylation is 1. The van der Waals surface area contributed by atoms with E-state index in [9.17, 15) is 0 Å². The minimum Gasteiger partial charge on any atom is -0.431 e. The molecule has 0 aliphatic rings. The van der Waals surface area contributed by atoms with E-state index in [0.29, 0.717) is 11.6 Å². The molecular weight excluding hydrogens is 220 g/mol. The average Bonchev–Trinajstić information content (AvgIpc) is 2.61. The Hall–Kier alpha value is -1.86. The number of nitrogens with zero attached hydrogens (tertiary/aromatic N) is 2. The van der Waals surface area contributed by atoms with Gasteiger partial charge in [0.05, 0.1) is 18.2 Å². The second kappa shape index (κ2) is 4.77. The number of hydrogen-bond donors (Lipinski definition) is 0. The predicted molar refractivity (Wildman–Crippen MR) is 62.7 cm³/mol. The van der Waals surface area contributed by atoms with Crippen LogP contribution in [0, 0.1) is 18.3 Å². The first-order chi connectivity index (χ1) is 7.79. The monoisotopic (exact) mass is 230 g/mol. The van der Waals surface area contributed by atoms with Crippen LogP contribution in [0.4, 0.5) is 0 Å². The summed E-state index contributed by atoms with van der Waals surface area (Å²) in [6.45, 7) is 1.89. The SMILES string of the molecule is Cc1nc(Oc2ccccc2)sc1CC#N. The maximum absolute atomic E-state index is 8.63. The lowest BCUT2D eigenvalue weighted by molar-refractivity contribution is 0.478. The molecule has 1 aromatic carbocycles. The molecule has 2 rings (SSSR count). The van der Waals surface area contributed by atoms with Gasteiger partial charge in [-0.25, -0.2) is 4.98 Å². The van der Waals surface area contributed by atoms with Gasteiger partial charge in [-0.05, 0) is 19.1 Å². The molecule has 4 heteroatoms. The summed E-state index contributed by atoms with van der Waals surface area (Å²) in [4.78, 5) is 5.24. The minimum atomic E-state index is 0.391. The van der Waals surface area contributed by atoms with Crippen molar-refractivity contribution in [3.8, 4) is 17.0 Å². The highest BCUT2D eigenvalue weighted by Crippen LogP contribution is 2.29. The van der Waals surface area contributed by atoms with E-state index < -0.39 is 0 Å². The van der Waals surface area contributed by atoms with Crippen molar-refractivity contribution >= 4 is 11.3 Å². The van der Waals surface area contributed by atoms with Gasteiger partial charge in [0.15, 0.2) is 0 Å². The van der Waals surface area contributed by atoms with Crippen molar-refractivity contribution in [1.82, 2.24) is 4.98 Å². The number of ether oxygens (including phenoxy) is 1. The van der Waals surface area contributed by atoms with Crippen molar-refractivity contribution in [3.05, 3.63) is 40.9 Å². The fourth-order valence-electron chi connectivity index (χ4n) is 1.27. The van der Waals surface area contributed by atoms with Gasteiger partial charge < -0.3 is 4.74 Å². The number of nitriles is 1. The van der Waals surface area contributed by atoms with Crippen LogP contribution in [-0.4, -0.2) is 4.98 Å². The molecule has 0 radical (unpaired) electrons. The summed E-state index contributed by atoms with van der Waals surface area (Å²) in [5.74, 6) is 0.764. The third kappa shape index (κ3) is 2.38. The Balaban J connectivity index is 2.17.